The molecule has 2 saturated carbocycles. The van der Waals surface area contributed by atoms with Gasteiger partial charge >= 0.3 is 5.97 Å². The van der Waals surface area contributed by atoms with Crippen LogP contribution in [0.5, 0.6) is 0 Å². The van der Waals surface area contributed by atoms with Gasteiger partial charge in [0.2, 0.25) is 11.8 Å². The highest BCUT2D eigenvalue weighted by Gasteiger charge is 2.56. The number of aliphatic hydroxyl groups is 1. The lowest BCUT2D eigenvalue weighted by Crippen LogP contribution is -2.51. The molecule has 1 unspecified atom stereocenters. The van der Waals surface area contributed by atoms with Crippen molar-refractivity contribution in [3.8, 4) is 0 Å². The molecule has 10 nitrogen and oxygen atoms in total. The average Bonchev–Trinajstić information content (AvgIpc) is 3.51. The Morgan fingerprint density at radius 1 is 1.06 bits per heavy atom. The van der Waals surface area contributed by atoms with Crippen molar-refractivity contribution in [2.75, 3.05) is 27.0 Å². The van der Waals surface area contributed by atoms with Gasteiger partial charge in [-0.2, -0.15) is 0 Å². The van der Waals surface area contributed by atoms with Crippen LogP contribution >= 0.6 is 0 Å². The summed E-state index contributed by atoms with van der Waals surface area (Å²) in [6.07, 6.45) is 8.49. The third-order valence-electron chi connectivity index (χ3n) is 12.2. The summed E-state index contributed by atoms with van der Waals surface area (Å²) in [6, 6.07) is 16.2. The Labute approximate surface area is 306 Å². The van der Waals surface area contributed by atoms with Crippen LogP contribution < -0.4 is 5.32 Å². The molecule has 2 heterocycles. The van der Waals surface area contributed by atoms with E-state index < -0.39 is 30.3 Å². The van der Waals surface area contributed by atoms with Crippen LogP contribution in [0.4, 0.5) is 0 Å². The van der Waals surface area contributed by atoms with Gasteiger partial charge in [-0.3, -0.25) is 9.59 Å². The maximum atomic E-state index is 14.0. The fourth-order valence-corrected chi connectivity index (χ4v) is 8.96. The third kappa shape index (κ3) is 7.62. The lowest BCUT2D eigenvalue weighted by Gasteiger charge is -2.53. The number of benzene rings is 2. The number of ether oxygens (including phenoxy) is 4. The summed E-state index contributed by atoms with van der Waals surface area (Å²) in [5.41, 5.74) is 4.61. The number of likely N-dealkylation sites (N-methyl/N-ethyl adjacent to an activating group) is 1. The molecule has 2 aromatic carbocycles. The summed E-state index contributed by atoms with van der Waals surface area (Å²) in [5, 5.41) is 12.0. The van der Waals surface area contributed by atoms with E-state index in [9.17, 15) is 19.5 Å². The van der Waals surface area contributed by atoms with Crippen LogP contribution in [0.3, 0.4) is 0 Å². The van der Waals surface area contributed by atoms with Crippen molar-refractivity contribution in [2.45, 2.75) is 102 Å². The minimum atomic E-state index is -0.828. The van der Waals surface area contributed by atoms with E-state index >= 15 is 0 Å². The van der Waals surface area contributed by atoms with Crippen LogP contribution in [0.25, 0.3) is 6.08 Å². The Morgan fingerprint density at radius 2 is 1.83 bits per heavy atom. The summed E-state index contributed by atoms with van der Waals surface area (Å²) in [6.45, 7) is 6.94. The second kappa shape index (κ2) is 14.9. The van der Waals surface area contributed by atoms with Gasteiger partial charge in [0.25, 0.3) is 0 Å². The highest BCUT2D eigenvalue weighted by Crippen LogP contribution is 2.59. The van der Waals surface area contributed by atoms with Crippen molar-refractivity contribution in [1.82, 2.24) is 10.2 Å². The van der Waals surface area contributed by atoms with Gasteiger partial charge in [0.1, 0.15) is 31.1 Å². The zero-order chi connectivity index (χ0) is 36.6. The number of amides is 2. The lowest BCUT2D eigenvalue weighted by molar-refractivity contribution is -0.137. The number of epoxide rings is 1. The topological polar surface area (TPSA) is 127 Å². The minimum absolute atomic E-state index is 0.0197. The van der Waals surface area contributed by atoms with E-state index in [1.165, 1.54) is 23.3 Å². The number of carbonyl (C=O) groups is 3. The molecule has 0 spiro atoms. The van der Waals surface area contributed by atoms with E-state index in [1.54, 1.807) is 25.3 Å². The summed E-state index contributed by atoms with van der Waals surface area (Å²) < 4.78 is 23.8. The number of hydrogen-bond acceptors (Lipinski definition) is 8. The van der Waals surface area contributed by atoms with Crippen molar-refractivity contribution < 1.29 is 38.4 Å². The monoisotopic (exact) mass is 712 g/mol. The fraction of sp³-hybridized carbons (Fsp3) is 0.548. The van der Waals surface area contributed by atoms with E-state index in [0.717, 1.165) is 30.4 Å². The van der Waals surface area contributed by atoms with E-state index in [4.69, 9.17) is 18.9 Å². The number of aliphatic hydroxyl groups excluding tert-OH is 1. The van der Waals surface area contributed by atoms with Crippen molar-refractivity contribution in [1.29, 1.82) is 0 Å². The summed E-state index contributed by atoms with van der Waals surface area (Å²) >= 11 is 0. The number of nitrogens with zero attached hydrogens (tertiary/aromatic N) is 1. The average molecular weight is 713 g/mol. The zero-order valence-corrected chi connectivity index (χ0v) is 30.7. The molecule has 3 aliphatic carbocycles. The Hall–Kier alpha value is -3.83. The third-order valence-corrected chi connectivity index (χ3v) is 12.2. The van der Waals surface area contributed by atoms with Gasteiger partial charge in [-0.05, 0) is 85.6 Å². The second-order valence-electron chi connectivity index (χ2n) is 16.1. The number of nitrogens with one attached hydrogen (secondary N) is 1. The quantitative estimate of drug-likeness (QED) is 0.253. The normalized spacial score (nSPS) is 31.6. The first kappa shape index (κ1) is 36.5. The molecule has 2 aromatic rings. The lowest BCUT2D eigenvalue weighted by atomic mass is 9.52. The standard InChI is InChI=1S/C42H52N2O8/c1-41(2)24-31-29(14-15-36-42(3,52-36)17-16-32(31)41)20-27-10-12-28(13-11-27)40(48)51-35-23-30(22-34-37(35)50-25-49-34)39(47)44(4)33(38(46)43-18-19-45)21-26-8-6-5-7-9-26/h5-13,20,22,31-37,45H,14-19,21,23-25H2,1-4H3,(H,43,46)/t31-,32-,33-,34-,35-,36?,37-,42-/m1/s1. The first-order chi connectivity index (χ1) is 25.0. The molecule has 0 radical (unpaired) electrons. The Kier molecular flexibility index (Phi) is 10.5. The molecular weight excluding hydrogens is 660 g/mol. The van der Waals surface area contributed by atoms with Gasteiger partial charge in [0, 0.05) is 32.0 Å². The predicted octanol–water partition coefficient (Wildman–Crippen LogP) is 5.24. The molecule has 4 fully saturated rings. The fourth-order valence-electron chi connectivity index (χ4n) is 8.96. The van der Waals surface area contributed by atoms with Crippen LogP contribution in [0.2, 0.25) is 0 Å². The van der Waals surface area contributed by atoms with Gasteiger partial charge in [0.05, 0.1) is 23.9 Å². The van der Waals surface area contributed by atoms with E-state index in [-0.39, 0.29) is 50.2 Å². The summed E-state index contributed by atoms with van der Waals surface area (Å²) in [5.74, 6) is -0.00251. The largest absolute Gasteiger partial charge is 0.456 e. The maximum absolute atomic E-state index is 14.0. The predicted molar refractivity (Wildman–Crippen MR) is 195 cm³/mol. The molecule has 2 aliphatic heterocycles. The second-order valence-corrected chi connectivity index (χ2v) is 16.1. The SMILES string of the molecule is CN(C(=O)C1=C[C@H]2OCO[C@H]2[C@H](OC(=O)c2ccc(C=C3CCC4O[C@]4(C)CC[C@@H]4[C@@H]3CC4(C)C)cc2)C1)[C@H](Cc1ccccc1)C(=O)NCCO. The van der Waals surface area contributed by atoms with Crippen molar-refractivity contribution >= 4 is 23.9 Å². The highest BCUT2D eigenvalue weighted by atomic mass is 16.7. The van der Waals surface area contributed by atoms with Crippen molar-refractivity contribution in [2.24, 2.45) is 17.3 Å². The van der Waals surface area contributed by atoms with Gasteiger partial charge in [-0.1, -0.05) is 68.0 Å². The molecule has 0 aromatic heterocycles. The van der Waals surface area contributed by atoms with E-state index in [1.807, 2.05) is 42.5 Å². The molecule has 2 amide bonds. The Bertz CT molecular complexity index is 1700. The Balaban J connectivity index is 1.03. The Morgan fingerprint density at radius 3 is 2.56 bits per heavy atom. The first-order valence-corrected chi connectivity index (χ1v) is 18.8. The number of carbonyl (C=O) groups excluding carboxylic acids is 3. The van der Waals surface area contributed by atoms with Crippen LogP contribution in [-0.4, -0.2) is 90.8 Å². The van der Waals surface area contributed by atoms with Crippen molar-refractivity contribution in [3.63, 3.8) is 0 Å². The summed E-state index contributed by atoms with van der Waals surface area (Å²) in [7, 11) is 1.59. The van der Waals surface area contributed by atoms with Gasteiger partial charge in [0.15, 0.2) is 0 Å². The maximum Gasteiger partial charge on any atom is 0.338 e. The molecule has 0 bridgehead atoms. The van der Waals surface area contributed by atoms with Gasteiger partial charge in [-0.25, -0.2) is 4.79 Å². The van der Waals surface area contributed by atoms with Gasteiger partial charge in [-0.15, -0.1) is 0 Å². The molecule has 278 valence electrons. The molecule has 52 heavy (non-hydrogen) atoms. The van der Waals surface area contributed by atoms with Crippen LogP contribution in [0, 0.1) is 17.3 Å². The van der Waals surface area contributed by atoms with Crippen LogP contribution in [0.15, 0.2) is 71.8 Å². The van der Waals surface area contributed by atoms with Crippen molar-refractivity contribution in [3.05, 3.63) is 88.5 Å². The molecule has 7 rings (SSSR count). The van der Waals surface area contributed by atoms with E-state index in [2.05, 4.69) is 32.2 Å². The highest BCUT2D eigenvalue weighted by molar-refractivity contribution is 5.97. The van der Waals surface area contributed by atoms with E-state index in [0.29, 0.717) is 34.5 Å². The molecule has 10 heteroatoms. The smallest absolute Gasteiger partial charge is 0.338 e. The molecule has 5 aliphatic rings. The van der Waals surface area contributed by atoms with Gasteiger partial charge < -0.3 is 34.3 Å². The molecule has 2 saturated heterocycles. The minimum Gasteiger partial charge on any atom is -0.456 e. The van der Waals surface area contributed by atoms with Crippen LogP contribution in [0.1, 0.15) is 80.8 Å². The van der Waals surface area contributed by atoms with Crippen LogP contribution in [-0.2, 0) is 35.0 Å². The molecular formula is C42H52N2O8. The molecule has 8 atom stereocenters. The first-order valence-electron chi connectivity index (χ1n) is 18.8. The number of rotatable bonds is 10. The zero-order valence-electron chi connectivity index (χ0n) is 30.7. The number of allylic oxidation sites excluding steroid dienone is 1. The number of fused-ring (bicyclic) bond motifs is 3. The molecule has 2 N–H and O–H groups in total. The number of esters is 1. The number of hydrogen-bond donors (Lipinski definition) is 2. The summed E-state index contributed by atoms with van der Waals surface area (Å²) in [4.78, 5) is 42.1.